The van der Waals surface area contributed by atoms with Crippen molar-refractivity contribution in [3.8, 4) is 0 Å². The van der Waals surface area contributed by atoms with Gasteiger partial charge < -0.3 is 16.2 Å². The lowest BCUT2D eigenvalue weighted by molar-refractivity contribution is 0.0922. The fourth-order valence-electron chi connectivity index (χ4n) is 1.34. The molecule has 0 saturated carbocycles. The molecule has 1 amide bonds. The summed E-state index contributed by atoms with van der Waals surface area (Å²) in [4.78, 5) is 11.8. The second-order valence-corrected chi connectivity index (χ2v) is 3.60. The van der Waals surface area contributed by atoms with E-state index in [4.69, 9.17) is 10.8 Å². The van der Waals surface area contributed by atoms with Gasteiger partial charge in [0.05, 0.1) is 12.2 Å². The number of nitrogen functional groups attached to an aromatic ring is 1. The van der Waals surface area contributed by atoms with Gasteiger partial charge in [0, 0.05) is 11.7 Å². The van der Waals surface area contributed by atoms with Crippen molar-refractivity contribution in [2.75, 3.05) is 12.3 Å². The molecule has 0 heterocycles. The molecule has 4 nitrogen and oxygen atoms in total. The number of nitrogens with one attached hydrogen (secondary N) is 1. The minimum absolute atomic E-state index is 0.0858. The van der Waals surface area contributed by atoms with Gasteiger partial charge in [-0.2, -0.15) is 0 Å². The molecule has 4 N–H and O–H groups in total. The Kier molecular flexibility index (Phi) is 3.68. The van der Waals surface area contributed by atoms with Crippen molar-refractivity contribution in [1.82, 2.24) is 5.32 Å². The molecule has 1 aromatic carbocycles. The van der Waals surface area contributed by atoms with Gasteiger partial charge in [0.25, 0.3) is 5.91 Å². The number of aliphatic hydroxyl groups is 1. The summed E-state index contributed by atoms with van der Waals surface area (Å²) in [6, 6.07) is 5.05. The highest BCUT2D eigenvalue weighted by molar-refractivity contribution is 6.00. The summed E-state index contributed by atoms with van der Waals surface area (Å²) in [5.74, 6) is -0.243. The minimum atomic E-state index is -0.267. The van der Waals surface area contributed by atoms with Crippen LogP contribution < -0.4 is 11.1 Å². The van der Waals surface area contributed by atoms with Gasteiger partial charge in [-0.3, -0.25) is 4.79 Å². The van der Waals surface area contributed by atoms with E-state index in [1.54, 1.807) is 19.1 Å². The van der Waals surface area contributed by atoms with Crippen LogP contribution in [0.3, 0.4) is 0 Å². The summed E-state index contributed by atoms with van der Waals surface area (Å²) in [6.07, 6.45) is 0. The van der Waals surface area contributed by atoms with Gasteiger partial charge in [0.2, 0.25) is 0 Å². The molecule has 0 aliphatic carbocycles. The molecule has 0 aliphatic rings. The molecule has 0 radical (unpaired) electrons. The molecule has 0 saturated heterocycles. The molecule has 0 spiro atoms. The SMILES string of the molecule is Cc1cccc(N)c1C(=O)N[C@@H](C)CO. The molecule has 0 fully saturated rings. The fourth-order valence-corrected chi connectivity index (χ4v) is 1.34. The number of carbonyl (C=O) groups excluding carboxylic acids is 1. The molecule has 0 bridgehead atoms. The lowest BCUT2D eigenvalue weighted by Crippen LogP contribution is -2.35. The van der Waals surface area contributed by atoms with E-state index in [9.17, 15) is 4.79 Å². The van der Waals surface area contributed by atoms with Crippen LogP contribution >= 0.6 is 0 Å². The molecule has 0 aliphatic heterocycles. The van der Waals surface area contributed by atoms with Crippen molar-refractivity contribution in [1.29, 1.82) is 0 Å². The largest absolute Gasteiger partial charge is 0.398 e. The molecule has 1 aromatic rings. The van der Waals surface area contributed by atoms with Crippen LogP contribution in [0.15, 0.2) is 18.2 Å². The Morgan fingerprint density at radius 2 is 2.27 bits per heavy atom. The zero-order chi connectivity index (χ0) is 11.4. The van der Waals surface area contributed by atoms with Gasteiger partial charge in [0.15, 0.2) is 0 Å². The normalized spacial score (nSPS) is 12.2. The number of hydrogen-bond donors (Lipinski definition) is 3. The van der Waals surface area contributed by atoms with Crippen LogP contribution in [0.4, 0.5) is 5.69 Å². The van der Waals surface area contributed by atoms with E-state index in [1.165, 1.54) is 0 Å². The van der Waals surface area contributed by atoms with E-state index >= 15 is 0 Å². The number of anilines is 1. The molecular weight excluding hydrogens is 192 g/mol. The predicted molar refractivity (Wildman–Crippen MR) is 59.6 cm³/mol. The third kappa shape index (κ3) is 2.70. The Bertz CT molecular complexity index is 343. The maximum atomic E-state index is 11.8. The van der Waals surface area contributed by atoms with Crippen molar-refractivity contribution in [2.45, 2.75) is 19.9 Å². The summed E-state index contributed by atoms with van der Waals surface area (Å²) >= 11 is 0. The van der Waals surface area contributed by atoms with E-state index in [0.717, 1.165) is 5.56 Å². The molecule has 15 heavy (non-hydrogen) atoms. The third-order valence-electron chi connectivity index (χ3n) is 2.18. The first kappa shape index (κ1) is 11.5. The summed E-state index contributed by atoms with van der Waals surface area (Å²) in [5, 5.41) is 11.5. The second-order valence-electron chi connectivity index (χ2n) is 3.60. The van der Waals surface area contributed by atoms with Crippen LogP contribution in [0.2, 0.25) is 0 Å². The van der Waals surface area contributed by atoms with E-state index in [1.807, 2.05) is 13.0 Å². The Hall–Kier alpha value is -1.55. The van der Waals surface area contributed by atoms with Gasteiger partial charge in [0.1, 0.15) is 0 Å². The summed E-state index contributed by atoms with van der Waals surface area (Å²) in [7, 11) is 0. The maximum Gasteiger partial charge on any atom is 0.253 e. The van der Waals surface area contributed by atoms with Crippen LogP contribution in [-0.2, 0) is 0 Å². The monoisotopic (exact) mass is 208 g/mol. The van der Waals surface area contributed by atoms with E-state index in [0.29, 0.717) is 11.3 Å². The van der Waals surface area contributed by atoms with Gasteiger partial charge in [-0.25, -0.2) is 0 Å². The zero-order valence-corrected chi connectivity index (χ0v) is 8.95. The highest BCUT2D eigenvalue weighted by atomic mass is 16.3. The smallest absolute Gasteiger partial charge is 0.253 e. The average molecular weight is 208 g/mol. The highest BCUT2D eigenvalue weighted by Crippen LogP contribution is 2.15. The standard InChI is InChI=1S/C11H16N2O2/c1-7-4-3-5-9(12)10(7)11(15)13-8(2)6-14/h3-5,8,14H,6,12H2,1-2H3,(H,13,15)/t8-/m0/s1. The number of hydrogen-bond acceptors (Lipinski definition) is 3. The zero-order valence-electron chi connectivity index (χ0n) is 8.95. The Morgan fingerprint density at radius 1 is 1.60 bits per heavy atom. The minimum Gasteiger partial charge on any atom is -0.398 e. The first-order valence-corrected chi connectivity index (χ1v) is 4.83. The fraction of sp³-hybridized carbons (Fsp3) is 0.364. The van der Waals surface area contributed by atoms with Gasteiger partial charge in [-0.1, -0.05) is 12.1 Å². The van der Waals surface area contributed by atoms with Crippen molar-refractivity contribution in [3.63, 3.8) is 0 Å². The number of aliphatic hydroxyl groups excluding tert-OH is 1. The van der Waals surface area contributed by atoms with Crippen LogP contribution in [-0.4, -0.2) is 23.7 Å². The summed E-state index contributed by atoms with van der Waals surface area (Å²) in [5.41, 5.74) is 7.49. The number of rotatable bonds is 3. The van der Waals surface area contributed by atoms with Gasteiger partial charge >= 0.3 is 0 Å². The highest BCUT2D eigenvalue weighted by Gasteiger charge is 2.13. The van der Waals surface area contributed by atoms with Crippen molar-refractivity contribution in [2.24, 2.45) is 0 Å². The molecule has 0 aromatic heterocycles. The lowest BCUT2D eigenvalue weighted by atomic mass is 10.1. The first-order chi connectivity index (χ1) is 7.06. The van der Waals surface area contributed by atoms with Crippen LogP contribution in [0.5, 0.6) is 0 Å². The van der Waals surface area contributed by atoms with Crippen molar-refractivity contribution in [3.05, 3.63) is 29.3 Å². The molecule has 4 heteroatoms. The third-order valence-corrected chi connectivity index (χ3v) is 2.18. The molecule has 0 unspecified atom stereocenters. The average Bonchev–Trinajstić information content (AvgIpc) is 2.17. The van der Waals surface area contributed by atoms with Crippen LogP contribution in [0, 0.1) is 6.92 Å². The number of aryl methyl sites for hydroxylation is 1. The molecule has 1 rings (SSSR count). The molecule has 82 valence electrons. The van der Waals surface area contributed by atoms with E-state index < -0.39 is 0 Å². The van der Waals surface area contributed by atoms with Crippen molar-refractivity contribution >= 4 is 11.6 Å². The van der Waals surface area contributed by atoms with Crippen molar-refractivity contribution < 1.29 is 9.90 Å². The number of carbonyl (C=O) groups is 1. The maximum absolute atomic E-state index is 11.8. The Balaban J connectivity index is 2.91. The summed E-state index contributed by atoms with van der Waals surface area (Å²) in [6.45, 7) is 3.47. The van der Waals surface area contributed by atoms with E-state index in [-0.39, 0.29) is 18.6 Å². The van der Waals surface area contributed by atoms with Gasteiger partial charge in [-0.05, 0) is 25.5 Å². The first-order valence-electron chi connectivity index (χ1n) is 4.83. The Labute approximate surface area is 89.1 Å². The number of amides is 1. The topological polar surface area (TPSA) is 75.4 Å². The molecular formula is C11H16N2O2. The summed E-state index contributed by atoms with van der Waals surface area (Å²) < 4.78 is 0. The quantitative estimate of drug-likeness (QED) is 0.640. The lowest BCUT2D eigenvalue weighted by Gasteiger charge is -2.13. The van der Waals surface area contributed by atoms with Crippen LogP contribution in [0.25, 0.3) is 0 Å². The number of benzene rings is 1. The van der Waals surface area contributed by atoms with E-state index in [2.05, 4.69) is 5.32 Å². The Morgan fingerprint density at radius 3 is 2.80 bits per heavy atom. The predicted octanol–water partition coefficient (Wildman–Crippen LogP) is 0.688. The molecule has 1 atom stereocenters. The van der Waals surface area contributed by atoms with Crippen LogP contribution in [0.1, 0.15) is 22.8 Å². The second kappa shape index (κ2) is 4.79. The van der Waals surface area contributed by atoms with Gasteiger partial charge in [-0.15, -0.1) is 0 Å². The number of nitrogens with two attached hydrogens (primary N) is 1.